The predicted octanol–water partition coefficient (Wildman–Crippen LogP) is 4.01. The highest BCUT2D eigenvalue weighted by atomic mass is 32.2. The number of benzene rings is 1. The Bertz CT molecular complexity index is 1220. The number of carbonyl (C=O) groups is 1. The van der Waals surface area contributed by atoms with E-state index < -0.39 is 24.1 Å². The van der Waals surface area contributed by atoms with Crippen molar-refractivity contribution in [2.24, 2.45) is 0 Å². The van der Waals surface area contributed by atoms with Crippen LogP contribution in [0.5, 0.6) is 5.75 Å². The first-order valence-corrected chi connectivity index (χ1v) is 10.8. The van der Waals surface area contributed by atoms with Crippen LogP contribution < -0.4 is 15.8 Å². The summed E-state index contributed by atoms with van der Waals surface area (Å²) in [6.07, 6.45) is -3.55. The van der Waals surface area contributed by atoms with Gasteiger partial charge in [0, 0.05) is 21.9 Å². The lowest BCUT2D eigenvalue weighted by Crippen LogP contribution is -2.29. The minimum Gasteiger partial charge on any atom is -0.406 e. The number of ether oxygens (including phenoxy) is 1. The van der Waals surface area contributed by atoms with Crippen molar-refractivity contribution >= 4 is 23.6 Å². The summed E-state index contributed by atoms with van der Waals surface area (Å²) in [6.45, 7) is 5.36. The SMILES string of the molecule is CC(C)Sc1cc(OC(F)(F)F)cc(C(=O)N[C@@H](C)c2nc(N)nn2-c2ccc(C#N)cn2)c1. The number of halogens is 3. The summed E-state index contributed by atoms with van der Waals surface area (Å²) in [5.74, 6) is -0.659. The zero-order valence-corrected chi connectivity index (χ0v) is 19.1. The maximum absolute atomic E-state index is 12.9. The smallest absolute Gasteiger partial charge is 0.406 e. The Morgan fingerprint density at radius 1 is 1.26 bits per heavy atom. The quantitative estimate of drug-likeness (QED) is 0.474. The number of nitrogens with one attached hydrogen (secondary N) is 1. The van der Waals surface area contributed by atoms with Crippen molar-refractivity contribution in [2.75, 3.05) is 5.73 Å². The molecular formula is C21H20F3N7O2S. The molecule has 0 aliphatic rings. The molecule has 34 heavy (non-hydrogen) atoms. The van der Waals surface area contributed by atoms with Gasteiger partial charge in [-0.15, -0.1) is 30.0 Å². The van der Waals surface area contributed by atoms with Gasteiger partial charge in [-0.3, -0.25) is 4.79 Å². The number of hydrogen-bond acceptors (Lipinski definition) is 8. The highest BCUT2D eigenvalue weighted by Gasteiger charge is 2.32. The molecule has 0 aliphatic carbocycles. The summed E-state index contributed by atoms with van der Waals surface area (Å²) in [5, 5.41) is 15.8. The molecule has 1 amide bonds. The second-order valence-corrected chi connectivity index (χ2v) is 9.01. The van der Waals surface area contributed by atoms with Crippen molar-refractivity contribution in [1.29, 1.82) is 5.26 Å². The summed E-state index contributed by atoms with van der Waals surface area (Å²) in [5.41, 5.74) is 6.06. The highest BCUT2D eigenvalue weighted by Crippen LogP contribution is 2.31. The second-order valence-electron chi connectivity index (χ2n) is 7.36. The molecule has 0 saturated heterocycles. The van der Waals surface area contributed by atoms with Crippen LogP contribution in [0.2, 0.25) is 0 Å². The molecule has 0 unspecified atom stereocenters. The number of alkyl halides is 3. The molecule has 3 rings (SSSR count). The zero-order chi connectivity index (χ0) is 25.0. The molecule has 0 fully saturated rings. The Hall–Kier alpha value is -3.79. The minimum atomic E-state index is -4.90. The maximum Gasteiger partial charge on any atom is 0.573 e. The number of carbonyl (C=O) groups excluding carboxylic acids is 1. The van der Waals surface area contributed by atoms with Gasteiger partial charge in [0.25, 0.3) is 5.91 Å². The van der Waals surface area contributed by atoms with E-state index in [-0.39, 0.29) is 22.6 Å². The Morgan fingerprint density at radius 3 is 2.59 bits per heavy atom. The van der Waals surface area contributed by atoms with Gasteiger partial charge >= 0.3 is 6.36 Å². The standard InChI is InChI=1S/C21H20F3N7O2S/c1-11(2)34-16-7-14(6-15(8-16)33-21(22,23)24)19(32)28-12(3)18-29-20(26)30-31(18)17-5-4-13(9-25)10-27-17/h4-8,10-12H,1-3H3,(H2,26,30)(H,28,32)/t12-/m0/s1. The van der Waals surface area contributed by atoms with Gasteiger partial charge in [0.05, 0.1) is 11.6 Å². The van der Waals surface area contributed by atoms with Gasteiger partial charge in [0.2, 0.25) is 5.95 Å². The third-order valence-electron chi connectivity index (χ3n) is 4.23. The molecule has 2 heterocycles. The third-order valence-corrected chi connectivity index (χ3v) is 5.20. The summed E-state index contributed by atoms with van der Waals surface area (Å²) < 4.78 is 43.7. The number of pyridine rings is 1. The fourth-order valence-corrected chi connectivity index (χ4v) is 3.87. The first-order chi connectivity index (χ1) is 15.9. The highest BCUT2D eigenvalue weighted by molar-refractivity contribution is 7.99. The molecule has 3 aromatic rings. The lowest BCUT2D eigenvalue weighted by Gasteiger charge is -2.16. The molecular weight excluding hydrogens is 471 g/mol. The van der Waals surface area contributed by atoms with E-state index in [1.54, 1.807) is 6.92 Å². The molecule has 0 spiro atoms. The van der Waals surface area contributed by atoms with E-state index in [0.29, 0.717) is 16.3 Å². The molecule has 0 radical (unpaired) electrons. The zero-order valence-electron chi connectivity index (χ0n) is 18.3. The number of nitrogens with two attached hydrogens (primary N) is 1. The number of nitriles is 1. The number of nitrogen functional groups attached to an aromatic ring is 1. The summed E-state index contributed by atoms with van der Waals surface area (Å²) in [4.78, 5) is 21.6. The molecule has 2 aromatic heterocycles. The lowest BCUT2D eigenvalue weighted by molar-refractivity contribution is -0.274. The average Bonchev–Trinajstić information content (AvgIpc) is 3.13. The molecule has 1 aromatic carbocycles. The van der Waals surface area contributed by atoms with Crippen LogP contribution in [0.15, 0.2) is 41.4 Å². The average molecular weight is 491 g/mol. The van der Waals surface area contributed by atoms with Crippen molar-refractivity contribution in [3.8, 4) is 17.6 Å². The number of aromatic nitrogens is 4. The van der Waals surface area contributed by atoms with E-state index in [1.165, 1.54) is 46.9 Å². The first kappa shape index (κ1) is 24.8. The van der Waals surface area contributed by atoms with Gasteiger partial charge in [0.15, 0.2) is 11.6 Å². The molecule has 0 bridgehead atoms. The van der Waals surface area contributed by atoms with Crippen molar-refractivity contribution in [2.45, 2.75) is 43.3 Å². The second kappa shape index (κ2) is 10.0. The molecule has 178 valence electrons. The minimum absolute atomic E-state index is 0.0210. The summed E-state index contributed by atoms with van der Waals surface area (Å²) in [7, 11) is 0. The number of rotatable bonds is 7. The molecule has 3 N–H and O–H groups in total. The number of hydrogen-bond donors (Lipinski definition) is 2. The van der Waals surface area contributed by atoms with E-state index in [2.05, 4.69) is 25.1 Å². The van der Waals surface area contributed by atoms with Crippen molar-refractivity contribution < 1.29 is 22.7 Å². The van der Waals surface area contributed by atoms with Gasteiger partial charge < -0.3 is 15.8 Å². The number of anilines is 1. The van der Waals surface area contributed by atoms with Crippen molar-refractivity contribution in [1.82, 2.24) is 25.1 Å². The molecule has 9 nitrogen and oxygen atoms in total. The van der Waals surface area contributed by atoms with Crippen LogP contribution in [0.4, 0.5) is 19.1 Å². The van der Waals surface area contributed by atoms with Gasteiger partial charge in [0.1, 0.15) is 11.8 Å². The predicted molar refractivity (Wildman–Crippen MR) is 118 cm³/mol. The maximum atomic E-state index is 12.9. The molecule has 1 atom stereocenters. The van der Waals surface area contributed by atoms with Crippen LogP contribution in [0.3, 0.4) is 0 Å². The molecule has 0 aliphatic heterocycles. The number of amides is 1. The molecule has 0 saturated carbocycles. The summed E-state index contributed by atoms with van der Waals surface area (Å²) in [6, 6.07) is 8.01. The van der Waals surface area contributed by atoms with E-state index in [9.17, 15) is 18.0 Å². The van der Waals surface area contributed by atoms with Crippen LogP contribution in [0, 0.1) is 11.3 Å². The Labute approximate surface area is 197 Å². The monoisotopic (exact) mass is 491 g/mol. The van der Waals surface area contributed by atoms with Crippen LogP contribution in [-0.2, 0) is 0 Å². The molecule has 13 heteroatoms. The van der Waals surface area contributed by atoms with Gasteiger partial charge in [-0.1, -0.05) is 13.8 Å². The largest absolute Gasteiger partial charge is 0.573 e. The van der Waals surface area contributed by atoms with Crippen molar-refractivity contribution in [3.63, 3.8) is 0 Å². The van der Waals surface area contributed by atoms with Crippen LogP contribution >= 0.6 is 11.8 Å². The van der Waals surface area contributed by atoms with Crippen LogP contribution in [0.1, 0.15) is 48.6 Å². The number of thioether (sulfide) groups is 1. The Balaban J connectivity index is 1.88. The van der Waals surface area contributed by atoms with Gasteiger partial charge in [-0.25, -0.2) is 4.98 Å². The fourth-order valence-electron chi connectivity index (χ4n) is 2.95. The fraction of sp³-hybridized carbons (Fsp3) is 0.286. The van der Waals surface area contributed by atoms with Crippen molar-refractivity contribution in [3.05, 3.63) is 53.5 Å². The van der Waals surface area contributed by atoms with E-state index >= 15 is 0 Å². The van der Waals surface area contributed by atoms with E-state index in [1.807, 2.05) is 19.9 Å². The van der Waals surface area contributed by atoms with Gasteiger partial charge in [-0.05, 0) is 37.3 Å². The third kappa shape index (κ3) is 6.38. The normalized spacial score (nSPS) is 12.3. The van der Waals surface area contributed by atoms with E-state index in [0.717, 1.165) is 6.07 Å². The summed E-state index contributed by atoms with van der Waals surface area (Å²) >= 11 is 1.29. The topological polar surface area (TPSA) is 132 Å². The van der Waals surface area contributed by atoms with Crippen LogP contribution in [0.25, 0.3) is 5.82 Å². The Morgan fingerprint density at radius 2 is 2.00 bits per heavy atom. The van der Waals surface area contributed by atoms with Gasteiger partial charge in [-0.2, -0.15) is 14.9 Å². The number of nitrogens with zero attached hydrogens (tertiary/aromatic N) is 5. The lowest BCUT2D eigenvalue weighted by atomic mass is 10.2. The van der Waals surface area contributed by atoms with Crippen LogP contribution in [-0.4, -0.2) is 37.3 Å². The first-order valence-electron chi connectivity index (χ1n) is 9.92. The Kier molecular flexibility index (Phi) is 7.31. The van der Waals surface area contributed by atoms with E-state index in [4.69, 9.17) is 11.0 Å².